The number of nitrogens with zero attached hydrogens (tertiary/aromatic N) is 1. The molecule has 2 rings (SSSR count). The molecule has 1 aromatic heterocycles. The highest BCUT2D eigenvalue weighted by Gasteiger charge is 2.16. The maximum atomic E-state index is 12.0. The number of hydrogen-bond donors (Lipinski definition) is 2. The molecule has 6 nitrogen and oxygen atoms in total. The van der Waals surface area contributed by atoms with Gasteiger partial charge in [-0.3, -0.25) is 4.79 Å². The summed E-state index contributed by atoms with van der Waals surface area (Å²) in [6, 6.07) is 2.90. The van der Waals surface area contributed by atoms with E-state index in [-0.39, 0.29) is 17.6 Å². The molecule has 1 unspecified atom stereocenters. The molecule has 0 spiro atoms. The highest BCUT2D eigenvalue weighted by molar-refractivity contribution is 5.95. The predicted molar refractivity (Wildman–Crippen MR) is 67.1 cm³/mol. The van der Waals surface area contributed by atoms with Gasteiger partial charge in [-0.05, 0) is 31.4 Å². The molecule has 1 aliphatic rings. The van der Waals surface area contributed by atoms with Gasteiger partial charge in [0.05, 0.1) is 5.56 Å². The van der Waals surface area contributed by atoms with Crippen molar-refractivity contribution in [3.63, 3.8) is 0 Å². The molecule has 0 radical (unpaired) electrons. The number of ether oxygens (including phenoxy) is 1. The van der Waals surface area contributed by atoms with Gasteiger partial charge in [-0.15, -0.1) is 0 Å². The number of amides is 1. The van der Waals surface area contributed by atoms with Crippen molar-refractivity contribution in [1.82, 2.24) is 10.3 Å². The minimum atomic E-state index is -1.10. The fraction of sp³-hybridized carbons (Fsp3) is 0.462. The van der Waals surface area contributed by atoms with Gasteiger partial charge in [-0.25, -0.2) is 9.78 Å². The van der Waals surface area contributed by atoms with Crippen LogP contribution in [-0.4, -0.2) is 41.2 Å². The highest BCUT2D eigenvalue weighted by Crippen LogP contribution is 2.09. The molecule has 6 heteroatoms. The zero-order valence-electron chi connectivity index (χ0n) is 10.5. The maximum Gasteiger partial charge on any atom is 0.354 e. The van der Waals surface area contributed by atoms with E-state index >= 15 is 0 Å². The molecule has 1 atom stereocenters. The van der Waals surface area contributed by atoms with Crippen molar-refractivity contribution in [3.8, 4) is 0 Å². The second kappa shape index (κ2) is 6.29. The van der Waals surface area contributed by atoms with Crippen molar-refractivity contribution < 1.29 is 19.4 Å². The summed E-state index contributed by atoms with van der Waals surface area (Å²) in [5.41, 5.74) is 0.301. The van der Waals surface area contributed by atoms with E-state index < -0.39 is 5.97 Å². The first-order valence-corrected chi connectivity index (χ1v) is 6.25. The predicted octanol–water partition coefficient (Wildman–Crippen LogP) is 1.08. The Kier molecular flexibility index (Phi) is 4.46. The molecular weight excluding hydrogens is 248 g/mol. The highest BCUT2D eigenvalue weighted by atomic mass is 16.5. The number of carbonyl (C=O) groups is 2. The van der Waals surface area contributed by atoms with Gasteiger partial charge in [0, 0.05) is 25.5 Å². The Balaban J connectivity index is 1.96. The number of carboxylic acid groups (broad SMARTS) is 1. The summed E-state index contributed by atoms with van der Waals surface area (Å²) in [6.45, 7) is 1.39. The van der Waals surface area contributed by atoms with Crippen LogP contribution in [0.3, 0.4) is 0 Å². The lowest BCUT2D eigenvalue weighted by molar-refractivity contribution is 0.0689. The molecular formula is C13H16N2O4. The second-order valence-electron chi connectivity index (χ2n) is 4.45. The van der Waals surface area contributed by atoms with E-state index in [9.17, 15) is 9.59 Å². The normalized spacial score (nSPS) is 19.5. The summed E-state index contributed by atoms with van der Waals surface area (Å²) in [5, 5.41) is 11.6. The Morgan fingerprint density at radius 1 is 1.32 bits per heavy atom. The average molecular weight is 264 g/mol. The topological polar surface area (TPSA) is 88.5 Å². The van der Waals surface area contributed by atoms with Crippen LogP contribution in [0.2, 0.25) is 0 Å². The maximum absolute atomic E-state index is 12.0. The van der Waals surface area contributed by atoms with Crippen LogP contribution in [0.15, 0.2) is 18.3 Å². The van der Waals surface area contributed by atoms with Crippen LogP contribution < -0.4 is 5.32 Å². The Labute approximate surface area is 110 Å². The Bertz CT molecular complexity index is 450. The zero-order chi connectivity index (χ0) is 13.7. The number of aromatic carboxylic acids is 1. The first-order valence-electron chi connectivity index (χ1n) is 6.25. The third-order valence-corrected chi connectivity index (χ3v) is 3.03. The molecule has 2 heterocycles. The molecule has 0 saturated carbocycles. The van der Waals surface area contributed by atoms with Gasteiger partial charge in [0.1, 0.15) is 5.69 Å². The third kappa shape index (κ3) is 3.75. The summed E-state index contributed by atoms with van der Waals surface area (Å²) < 4.78 is 5.33. The summed E-state index contributed by atoms with van der Waals surface area (Å²) in [5.74, 6) is -1.33. The van der Waals surface area contributed by atoms with Crippen molar-refractivity contribution in [2.24, 2.45) is 0 Å². The smallest absolute Gasteiger partial charge is 0.354 e. The Morgan fingerprint density at radius 3 is 2.84 bits per heavy atom. The van der Waals surface area contributed by atoms with Gasteiger partial charge in [-0.1, -0.05) is 0 Å². The lowest BCUT2D eigenvalue weighted by Gasteiger charge is -2.15. The van der Waals surface area contributed by atoms with Gasteiger partial charge in [0.15, 0.2) is 0 Å². The average Bonchev–Trinajstić information content (AvgIpc) is 2.67. The monoisotopic (exact) mass is 264 g/mol. The fourth-order valence-electron chi connectivity index (χ4n) is 1.97. The van der Waals surface area contributed by atoms with Crippen LogP contribution in [-0.2, 0) is 4.74 Å². The first-order chi connectivity index (χ1) is 9.16. The molecule has 19 heavy (non-hydrogen) atoms. The van der Waals surface area contributed by atoms with Crippen molar-refractivity contribution >= 4 is 11.9 Å². The van der Waals surface area contributed by atoms with E-state index in [1.165, 1.54) is 18.3 Å². The summed E-state index contributed by atoms with van der Waals surface area (Å²) in [7, 11) is 0. The third-order valence-electron chi connectivity index (χ3n) is 3.03. The number of carbonyl (C=O) groups excluding carboxylic acids is 1. The minimum absolute atomic E-state index is 0.0700. The summed E-state index contributed by atoms with van der Waals surface area (Å²) >= 11 is 0. The van der Waals surface area contributed by atoms with Crippen LogP contribution in [0.1, 0.15) is 40.1 Å². The Hall–Kier alpha value is -1.95. The van der Waals surface area contributed by atoms with E-state index in [0.29, 0.717) is 12.2 Å². The molecule has 1 saturated heterocycles. The molecule has 1 fully saturated rings. The van der Waals surface area contributed by atoms with Crippen molar-refractivity contribution in [2.45, 2.75) is 25.3 Å². The number of nitrogens with one attached hydrogen (secondary N) is 1. The molecule has 1 aromatic rings. The van der Waals surface area contributed by atoms with E-state index in [1.54, 1.807) is 0 Å². The van der Waals surface area contributed by atoms with Crippen LogP contribution in [0, 0.1) is 0 Å². The van der Waals surface area contributed by atoms with Crippen LogP contribution in [0.4, 0.5) is 0 Å². The lowest BCUT2D eigenvalue weighted by Crippen LogP contribution is -2.35. The lowest BCUT2D eigenvalue weighted by atomic mass is 10.1. The number of rotatable bonds is 3. The molecule has 0 aromatic carbocycles. The van der Waals surface area contributed by atoms with Gasteiger partial charge in [0.25, 0.3) is 5.91 Å². The van der Waals surface area contributed by atoms with E-state index in [1.807, 2.05) is 0 Å². The quantitative estimate of drug-likeness (QED) is 0.852. The van der Waals surface area contributed by atoms with Crippen LogP contribution in [0.5, 0.6) is 0 Å². The largest absolute Gasteiger partial charge is 0.477 e. The van der Waals surface area contributed by atoms with E-state index in [4.69, 9.17) is 9.84 Å². The molecule has 102 valence electrons. The van der Waals surface area contributed by atoms with E-state index in [2.05, 4.69) is 10.3 Å². The molecule has 0 aliphatic carbocycles. The standard InChI is InChI=1S/C13H16N2O4/c16-12(15-10-2-1-6-19-7-5-10)9-3-4-11(13(17)18)14-8-9/h3-4,8,10H,1-2,5-7H2,(H,15,16)(H,17,18). The number of carboxylic acids is 1. The molecule has 1 aliphatic heterocycles. The zero-order valence-corrected chi connectivity index (χ0v) is 10.5. The summed E-state index contributed by atoms with van der Waals surface area (Å²) in [4.78, 5) is 26.4. The second-order valence-corrected chi connectivity index (χ2v) is 4.45. The molecule has 1 amide bonds. The molecule has 0 bridgehead atoms. The molecule has 2 N–H and O–H groups in total. The van der Waals surface area contributed by atoms with Crippen LogP contribution >= 0.6 is 0 Å². The van der Waals surface area contributed by atoms with Crippen molar-refractivity contribution in [1.29, 1.82) is 0 Å². The SMILES string of the molecule is O=C(NC1CCCOCC1)c1ccc(C(=O)O)nc1. The van der Waals surface area contributed by atoms with Crippen LogP contribution in [0.25, 0.3) is 0 Å². The Morgan fingerprint density at radius 2 is 2.16 bits per heavy atom. The van der Waals surface area contributed by atoms with Crippen molar-refractivity contribution in [3.05, 3.63) is 29.6 Å². The minimum Gasteiger partial charge on any atom is -0.477 e. The fourth-order valence-corrected chi connectivity index (χ4v) is 1.97. The number of aromatic nitrogens is 1. The van der Waals surface area contributed by atoms with Gasteiger partial charge in [0.2, 0.25) is 0 Å². The number of hydrogen-bond acceptors (Lipinski definition) is 4. The number of pyridine rings is 1. The van der Waals surface area contributed by atoms with Gasteiger partial charge in [-0.2, -0.15) is 0 Å². The first kappa shape index (κ1) is 13.5. The van der Waals surface area contributed by atoms with Gasteiger partial charge >= 0.3 is 5.97 Å². The van der Waals surface area contributed by atoms with Crippen molar-refractivity contribution in [2.75, 3.05) is 13.2 Å². The van der Waals surface area contributed by atoms with Gasteiger partial charge < -0.3 is 15.2 Å². The van der Waals surface area contributed by atoms with E-state index in [0.717, 1.165) is 25.9 Å². The summed E-state index contributed by atoms with van der Waals surface area (Å²) in [6.07, 6.45) is 3.91.